The van der Waals surface area contributed by atoms with Crippen LogP contribution in [0.2, 0.25) is 0 Å². The fraction of sp³-hybridized carbons (Fsp3) is 0.476. The molecule has 1 N–H and O–H groups in total. The molecule has 0 unspecified atom stereocenters. The summed E-state index contributed by atoms with van der Waals surface area (Å²) in [5.41, 5.74) is 0.743. The maximum Gasteiger partial charge on any atom is 0.344 e. The Morgan fingerprint density at radius 1 is 1.14 bits per heavy atom. The van der Waals surface area contributed by atoms with Crippen molar-refractivity contribution in [1.82, 2.24) is 5.32 Å². The summed E-state index contributed by atoms with van der Waals surface area (Å²) in [6.45, 7) is 3.37. The third-order valence-corrected chi connectivity index (χ3v) is 5.02. The number of benzene rings is 1. The van der Waals surface area contributed by atoms with Gasteiger partial charge >= 0.3 is 11.6 Å². The number of ether oxygens (including phenoxy) is 2. The van der Waals surface area contributed by atoms with Gasteiger partial charge in [0.15, 0.2) is 13.2 Å². The Morgan fingerprint density at radius 2 is 1.89 bits per heavy atom. The standard InChI is InChI=1S/C21H25NO6/c1-13-3-5-15(6-4-13)22-19(23)11-27-21(25)12-26-16-7-8-17-14(2)9-20(24)28-18(17)10-16/h7-10,13,15H,3-6,11-12H2,1-2H3,(H,22,23). The molecule has 28 heavy (non-hydrogen) atoms. The summed E-state index contributed by atoms with van der Waals surface area (Å²) in [5.74, 6) is 0.142. The van der Waals surface area contributed by atoms with Gasteiger partial charge in [-0.3, -0.25) is 4.79 Å². The molecule has 0 saturated heterocycles. The van der Waals surface area contributed by atoms with Gasteiger partial charge < -0.3 is 19.2 Å². The molecule has 1 aliphatic carbocycles. The van der Waals surface area contributed by atoms with Gasteiger partial charge in [-0.05, 0) is 56.2 Å². The molecule has 0 spiro atoms. The predicted octanol–water partition coefficient (Wildman–Crippen LogP) is 2.72. The van der Waals surface area contributed by atoms with E-state index in [4.69, 9.17) is 13.9 Å². The second-order valence-electron chi connectivity index (χ2n) is 7.38. The van der Waals surface area contributed by atoms with Crippen molar-refractivity contribution < 1.29 is 23.5 Å². The van der Waals surface area contributed by atoms with Crippen molar-refractivity contribution in [2.45, 2.75) is 45.6 Å². The van der Waals surface area contributed by atoms with Gasteiger partial charge in [-0.2, -0.15) is 0 Å². The minimum Gasteiger partial charge on any atom is -0.482 e. The zero-order valence-electron chi connectivity index (χ0n) is 16.2. The summed E-state index contributed by atoms with van der Waals surface area (Å²) in [6, 6.07) is 6.56. The highest BCUT2D eigenvalue weighted by Crippen LogP contribution is 2.23. The number of hydrogen-bond donors (Lipinski definition) is 1. The first-order valence-electron chi connectivity index (χ1n) is 9.53. The smallest absolute Gasteiger partial charge is 0.344 e. The van der Waals surface area contributed by atoms with E-state index in [-0.39, 0.29) is 25.2 Å². The van der Waals surface area contributed by atoms with Crippen LogP contribution < -0.4 is 15.7 Å². The highest BCUT2D eigenvalue weighted by atomic mass is 16.6. The molecule has 1 aromatic carbocycles. The zero-order valence-corrected chi connectivity index (χ0v) is 16.2. The molecule has 7 heteroatoms. The van der Waals surface area contributed by atoms with Gasteiger partial charge in [0.1, 0.15) is 11.3 Å². The lowest BCUT2D eigenvalue weighted by Gasteiger charge is -2.26. The number of carbonyl (C=O) groups excluding carboxylic acids is 2. The molecule has 1 heterocycles. The minimum atomic E-state index is -0.641. The van der Waals surface area contributed by atoms with E-state index in [1.165, 1.54) is 6.07 Å². The number of nitrogens with one attached hydrogen (secondary N) is 1. The van der Waals surface area contributed by atoms with Crippen LogP contribution >= 0.6 is 0 Å². The molecule has 2 aromatic rings. The van der Waals surface area contributed by atoms with E-state index in [0.717, 1.165) is 36.6 Å². The van der Waals surface area contributed by atoms with Crippen LogP contribution in [0, 0.1) is 12.8 Å². The molecule has 1 saturated carbocycles. The third kappa shape index (κ3) is 5.34. The Bertz CT molecular complexity index is 911. The van der Waals surface area contributed by atoms with Crippen molar-refractivity contribution >= 4 is 22.8 Å². The Morgan fingerprint density at radius 3 is 2.64 bits per heavy atom. The molecule has 1 amide bonds. The minimum absolute atomic E-state index is 0.161. The van der Waals surface area contributed by atoms with Crippen molar-refractivity contribution in [2.75, 3.05) is 13.2 Å². The van der Waals surface area contributed by atoms with Crippen LogP contribution in [-0.2, 0) is 14.3 Å². The molecular weight excluding hydrogens is 362 g/mol. The molecule has 0 aliphatic heterocycles. The van der Waals surface area contributed by atoms with Gasteiger partial charge in [0.2, 0.25) is 0 Å². The molecule has 150 valence electrons. The summed E-state index contributed by atoms with van der Waals surface area (Å²) in [7, 11) is 0. The Balaban J connectivity index is 1.44. The van der Waals surface area contributed by atoms with Crippen LogP contribution in [0.15, 0.2) is 33.5 Å². The normalized spacial score (nSPS) is 19.2. The first-order valence-corrected chi connectivity index (χ1v) is 9.53. The molecule has 0 radical (unpaired) electrons. The SMILES string of the molecule is Cc1cc(=O)oc2cc(OCC(=O)OCC(=O)NC3CCC(C)CC3)ccc12. The third-order valence-electron chi connectivity index (χ3n) is 5.02. The van der Waals surface area contributed by atoms with E-state index < -0.39 is 11.6 Å². The Labute approximate surface area is 163 Å². The Kier molecular flexibility index (Phi) is 6.34. The number of rotatable bonds is 6. The molecule has 1 aliphatic rings. The fourth-order valence-corrected chi connectivity index (χ4v) is 3.40. The summed E-state index contributed by atoms with van der Waals surface area (Å²) < 4.78 is 15.5. The summed E-state index contributed by atoms with van der Waals surface area (Å²) in [5, 5.41) is 3.70. The van der Waals surface area contributed by atoms with Gasteiger partial charge in [-0.25, -0.2) is 9.59 Å². The molecule has 3 rings (SSSR count). The maximum absolute atomic E-state index is 11.9. The van der Waals surface area contributed by atoms with Gasteiger partial charge in [0, 0.05) is 23.6 Å². The van der Waals surface area contributed by atoms with Crippen molar-refractivity contribution in [3.8, 4) is 5.75 Å². The van der Waals surface area contributed by atoms with Crippen molar-refractivity contribution in [3.05, 3.63) is 40.2 Å². The van der Waals surface area contributed by atoms with Crippen LogP contribution in [0.1, 0.15) is 38.2 Å². The molecule has 7 nitrogen and oxygen atoms in total. The van der Waals surface area contributed by atoms with Crippen LogP contribution in [-0.4, -0.2) is 31.1 Å². The van der Waals surface area contributed by atoms with E-state index in [9.17, 15) is 14.4 Å². The quantitative estimate of drug-likeness (QED) is 0.605. The first-order chi connectivity index (χ1) is 13.4. The predicted molar refractivity (Wildman–Crippen MR) is 103 cm³/mol. The molecular formula is C21H25NO6. The maximum atomic E-state index is 11.9. The van der Waals surface area contributed by atoms with Crippen LogP contribution in [0.5, 0.6) is 5.75 Å². The summed E-state index contributed by atoms with van der Waals surface area (Å²) in [6.07, 6.45) is 4.12. The summed E-state index contributed by atoms with van der Waals surface area (Å²) >= 11 is 0. The van der Waals surface area contributed by atoms with E-state index in [1.807, 2.05) is 6.92 Å². The topological polar surface area (TPSA) is 94.8 Å². The zero-order chi connectivity index (χ0) is 20.1. The lowest BCUT2D eigenvalue weighted by atomic mass is 9.87. The van der Waals surface area contributed by atoms with Gasteiger partial charge in [0.25, 0.3) is 5.91 Å². The lowest BCUT2D eigenvalue weighted by molar-refractivity contribution is -0.150. The monoisotopic (exact) mass is 387 g/mol. The summed E-state index contributed by atoms with van der Waals surface area (Å²) in [4.78, 5) is 35.2. The number of aryl methyl sites for hydroxylation is 1. The number of carbonyl (C=O) groups is 2. The van der Waals surface area contributed by atoms with E-state index in [1.54, 1.807) is 18.2 Å². The van der Waals surface area contributed by atoms with Crippen LogP contribution in [0.4, 0.5) is 0 Å². The number of amides is 1. The van der Waals surface area contributed by atoms with Crippen LogP contribution in [0.25, 0.3) is 11.0 Å². The largest absolute Gasteiger partial charge is 0.482 e. The average molecular weight is 387 g/mol. The number of esters is 1. The van der Waals surface area contributed by atoms with Crippen LogP contribution in [0.3, 0.4) is 0 Å². The number of fused-ring (bicyclic) bond motifs is 1. The second-order valence-corrected chi connectivity index (χ2v) is 7.38. The Hall–Kier alpha value is -2.83. The highest BCUT2D eigenvalue weighted by molar-refractivity contribution is 5.82. The van der Waals surface area contributed by atoms with E-state index >= 15 is 0 Å². The van der Waals surface area contributed by atoms with Gasteiger partial charge in [0.05, 0.1) is 0 Å². The fourth-order valence-electron chi connectivity index (χ4n) is 3.40. The van der Waals surface area contributed by atoms with Crippen molar-refractivity contribution in [2.24, 2.45) is 5.92 Å². The molecule has 0 bridgehead atoms. The van der Waals surface area contributed by atoms with E-state index in [0.29, 0.717) is 17.3 Å². The van der Waals surface area contributed by atoms with Gasteiger partial charge in [-0.1, -0.05) is 6.92 Å². The van der Waals surface area contributed by atoms with E-state index in [2.05, 4.69) is 12.2 Å². The van der Waals surface area contributed by atoms with Crippen molar-refractivity contribution in [1.29, 1.82) is 0 Å². The molecule has 0 atom stereocenters. The molecule has 1 fully saturated rings. The average Bonchev–Trinajstić information content (AvgIpc) is 2.66. The van der Waals surface area contributed by atoms with Gasteiger partial charge in [-0.15, -0.1) is 0 Å². The second kappa shape index (κ2) is 8.91. The van der Waals surface area contributed by atoms with Crippen molar-refractivity contribution in [3.63, 3.8) is 0 Å². The lowest BCUT2D eigenvalue weighted by Crippen LogP contribution is -2.39. The number of hydrogen-bond acceptors (Lipinski definition) is 6. The highest BCUT2D eigenvalue weighted by Gasteiger charge is 2.20. The first kappa shape index (κ1) is 19.9. The molecule has 1 aromatic heterocycles.